The van der Waals surface area contributed by atoms with Gasteiger partial charge in [0, 0.05) is 9.75 Å². The first kappa shape index (κ1) is 19.7. The van der Waals surface area contributed by atoms with Gasteiger partial charge in [-0.2, -0.15) is 10.2 Å². The molecule has 0 aliphatic rings. The van der Waals surface area contributed by atoms with E-state index in [-0.39, 0.29) is 6.42 Å². The number of thiophene rings is 2. The molecule has 0 saturated heterocycles. The number of carbonyl (C=O) groups is 2. The van der Waals surface area contributed by atoms with E-state index in [0.29, 0.717) is 0 Å². The van der Waals surface area contributed by atoms with E-state index in [1.165, 1.54) is 22.7 Å². The number of hydrogen-bond donors (Lipinski definition) is 2. The highest BCUT2D eigenvalue weighted by Crippen LogP contribution is 2.10. The fourth-order valence-electron chi connectivity index (χ4n) is 2.36. The second kappa shape index (κ2) is 10.3. The second-order valence-electron chi connectivity index (χ2n) is 5.74. The molecule has 2 N–H and O–H groups in total. The molecule has 6 nitrogen and oxygen atoms in total. The summed E-state index contributed by atoms with van der Waals surface area (Å²) >= 11 is 3.01. The summed E-state index contributed by atoms with van der Waals surface area (Å²) in [7, 11) is 0. The molecule has 1 aromatic carbocycles. The third kappa shape index (κ3) is 5.97. The van der Waals surface area contributed by atoms with Crippen LogP contribution in [0.3, 0.4) is 0 Å². The quantitative estimate of drug-likeness (QED) is 0.339. The molecule has 2 aromatic heterocycles. The van der Waals surface area contributed by atoms with Crippen molar-refractivity contribution < 1.29 is 9.59 Å². The van der Waals surface area contributed by atoms with Crippen LogP contribution in [-0.4, -0.2) is 24.2 Å². The van der Waals surface area contributed by atoms with Gasteiger partial charge in [0.25, 0.3) is 11.8 Å². The zero-order chi connectivity index (χ0) is 19.6. The largest absolute Gasteiger partial charge is 0.272 e. The molecule has 2 heterocycles. The minimum Gasteiger partial charge on any atom is -0.272 e. The van der Waals surface area contributed by atoms with Gasteiger partial charge in [-0.25, -0.2) is 10.9 Å². The Kier molecular flexibility index (Phi) is 7.22. The van der Waals surface area contributed by atoms with Crippen molar-refractivity contribution in [3.63, 3.8) is 0 Å². The van der Waals surface area contributed by atoms with E-state index in [0.717, 1.165) is 15.3 Å². The summed E-state index contributed by atoms with van der Waals surface area (Å²) in [5.41, 5.74) is 5.78. The van der Waals surface area contributed by atoms with Crippen LogP contribution in [0.25, 0.3) is 0 Å². The lowest BCUT2D eigenvalue weighted by molar-refractivity contribution is -0.135. The SMILES string of the molecule is O=C(NN=Cc1cccs1)C(Cc1ccccc1)C(=O)NN=Cc1cccs1. The number of hydrazone groups is 2. The second-order valence-corrected chi connectivity index (χ2v) is 7.70. The lowest BCUT2D eigenvalue weighted by Crippen LogP contribution is -2.39. The lowest BCUT2D eigenvalue weighted by atomic mass is 9.98. The van der Waals surface area contributed by atoms with Crippen molar-refractivity contribution in [3.05, 3.63) is 80.7 Å². The van der Waals surface area contributed by atoms with Gasteiger partial charge in [-0.05, 0) is 34.9 Å². The van der Waals surface area contributed by atoms with Crippen LogP contribution in [0.15, 0.2) is 75.6 Å². The number of rotatable bonds is 8. The van der Waals surface area contributed by atoms with E-state index in [2.05, 4.69) is 21.1 Å². The molecule has 2 amide bonds. The minimum absolute atomic E-state index is 0.252. The van der Waals surface area contributed by atoms with Gasteiger partial charge >= 0.3 is 0 Å². The summed E-state index contributed by atoms with van der Waals surface area (Å²) in [6, 6.07) is 16.9. The molecule has 3 aromatic rings. The van der Waals surface area contributed by atoms with E-state index in [1.54, 1.807) is 12.4 Å². The normalized spacial score (nSPS) is 12.3. The Hall–Kier alpha value is -3.10. The summed E-state index contributed by atoms with van der Waals surface area (Å²) in [5, 5.41) is 11.7. The van der Waals surface area contributed by atoms with Crippen molar-refractivity contribution in [2.24, 2.45) is 16.1 Å². The average Bonchev–Trinajstić information content (AvgIpc) is 3.41. The molecular formula is C20H18N4O2S2. The first-order chi connectivity index (χ1) is 13.7. The fourth-order valence-corrected chi connectivity index (χ4v) is 3.53. The standard InChI is InChI=1S/C20H18N4O2S2/c25-19(23-21-13-16-8-4-10-27-16)18(12-15-6-2-1-3-7-15)20(26)24-22-14-17-9-5-11-28-17/h1-11,13-14,18H,12H2,(H,23,25)(H,24,26). The Morgan fingerprint density at radius 2 is 1.36 bits per heavy atom. The van der Waals surface area contributed by atoms with Crippen LogP contribution in [0.4, 0.5) is 0 Å². The summed E-state index contributed by atoms with van der Waals surface area (Å²) in [6.45, 7) is 0. The Bertz CT molecular complexity index is 878. The molecule has 0 atom stereocenters. The third-order valence-electron chi connectivity index (χ3n) is 3.74. The van der Waals surface area contributed by atoms with Crippen molar-refractivity contribution in [1.29, 1.82) is 0 Å². The molecule has 0 fully saturated rings. The molecule has 8 heteroatoms. The van der Waals surface area contributed by atoms with Gasteiger partial charge in [-0.15, -0.1) is 22.7 Å². The van der Waals surface area contributed by atoms with Crippen LogP contribution >= 0.6 is 22.7 Å². The monoisotopic (exact) mass is 410 g/mol. The molecule has 28 heavy (non-hydrogen) atoms. The summed E-state index contributed by atoms with van der Waals surface area (Å²) in [4.78, 5) is 27.0. The molecule has 0 aliphatic heterocycles. The van der Waals surface area contributed by atoms with Crippen LogP contribution in [0, 0.1) is 5.92 Å². The Labute approximate surface area is 170 Å². The molecule has 0 unspecified atom stereocenters. The number of hydrogen-bond acceptors (Lipinski definition) is 6. The predicted molar refractivity (Wildman–Crippen MR) is 114 cm³/mol. The molecule has 0 saturated carbocycles. The first-order valence-electron chi connectivity index (χ1n) is 8.49. The molecule has 0 bridgehead atoms. The molecule has 0 aliphatic carbocycles. The van der Waals surface area contributed by atoms with Crippen LogP contribution in [0.5, 0.6) is 0 Å². The predicted octanol–water partition coefficient (Wildman–Crippen LogP) is 3.27. The van der Waals surface area contributed by atoms with Gasteiger partial charge in [0.05, 0.1) is 12.4 Å². The van der Waals surface area contributed by atoms with Crippen molar-refractivity contribution in [3.8, 4) is 0 Å². The minimum atomic E-state index is -0.955. The Balaban J connectivity index is 1.66. The van der Waals surface area contributed by atoms with Crippen molar-refractivity contribution in [2.75, 3.05) is 0 Å². The van der Waals surface area contributed by atoms with Crippen LogP contribution in [0.1, 0.15) is 15.3 Å². The number of benzene rings is 1. The summed E-state index contributed by atoms with van der Waals surface area (Å²) in [5.74, 6) is -1.93. The van der Waals surface area contributed by atoms with Crippen LogP contribution < -0.4 is 10.9 Å². The van der Waals surface area contributed by atoms with Gasteiger partial charge in [0.1, 0.15) is 5.92 Å². The first-order valence-corrected chi connectivity index (χ1v) is 10.2. The van der Waals surface area contributed by atoms with Crippen LogP contribution in [0.2, 0.25) is 0 Å². The van der Waals surface area contributed by atoms with E-state index in [4.69, 9.17) is 0 Å². The van der Waals surface area contributed by atoms with E-state index < -0.39 is 17.7 Å². The highest BCUT2D eigenvalue weighted by molar-refractivity contribution is 7.12. The van der Waals surface area contributed by atoms with Crippen molar-refractivity contribution in [1.82, 2.24) is 10.9 Å². The summed E-state index contributed by atoms with van der Waals surface area (Å²) < 4.78 is 0. The maximum absolute atomic E-state index is 12.6. The van der Waals surface area contributed by atoms with Gasteiger partial charge in [0.15, 0.2) is 0 Å². The Morgan fingerprint density at radius 3 is 1.82 bits per heavy atom. The molecule has 142 valence electrons. The third-order valence-corrected chi connectivity index (χ3v) is 5.35. The van der Waals surface area contributed by atoms with Crippen LogP contribution in [-0.2, 0) is 16.0 Å². The zero-order valence-electron chi connectivity index (χ0n) is 14.8. The topological polar surface area (TPSA) is 82.9 Å². The fraction of sp³-hybridized carbons (Fsp3) is 0.100. The lowest BCUT2D eigenvalue weighted by Gasteiger charge is -2.13. The highest BCUT2D eigenvalue weighted by atomic mass is 32.1. The molecule has 0 spiro atoms. The number of nitrogens with zero attached hydrogens (tertiary/aromatic N) is 2. The Morgan fingerprint density at radius 1 is 0.821 bits per heavy atom. The van der Waals surface area contributed by atoms with Crippen molar-refractivity contribution in [2.45, 2.75) is 6.42 Å². The molecule has 3 rings (SSSR count). The van der Waals surface area contributed by atoms with E-state index in [9.17, 15) is 9.59 Å². The summed E-state index contributed by atoms with van der Waals surface area (Å²) in [6.07, 6.45) is 3.35. The maximum Gasteiger partial charge on any atom is 0.253 e. The average molecular weight is 411 g/mol. The van der Waals surface area contributed by atoms with Crippen molar-refractivity contribution >= 4 is 46.9 Å². The maximum atomic E-state index is 12.6. The van der Waals surface area contributed by atoms with E-state index in [1.807, 2.05) is 65.4 Å². The highest BCUT2D eigenvalue weighted by Gasteiger charge is 2.26. The van der Waals surface area contributed by atoms with Gasteiger partial charge in [-0.1, -0.05) is 42.5 Å². The number of amides is 2. The smallest absolute Gasteiger partial charge is 0.253 e. The molecular weight excluding hydrogens is 392 g/mol. The zero-order valence-corrected chi connectivity index (χ0v) is 16.5. The van der Waals surface area contributed by atoms with Gasteiger partial charge < -0.3 is 0 Å². The number of nitrogens with one attached hydrogen (secondary N) is 2. The van der Waals surface area contributed by atoms with Gasteiger partial charge in [0.2, 0.25) is 0 Å². The molecule has 0 radical (unpaired) electrons. The van der Waals surface area contributed by atoms with E-state index >= 15 is 0 Å². The van der Waals surface area contributed by atoms with Gasteiger partial charge in [-0.3, -0.25) is 9.59 Å². The number of carbonyl (C=O) groups excluding carboxylic acids is 2.